The van der Waals surface area contributed by atoms with Gasteiger partial charge < -0.3 is 20.0 Å². The number of hydrogen-bond donors (Lipinski definition) is 3. The summed E-state index contributed by atoms with van der Waals surface area (Å²) in [5.41, 5.74) is 6.31. The third-order valence-electron chi connectivity index (χ3n) is 6.04. The van der Waals surface area contributed by atoms with Gasteiger partial charge in [-0.05, 0) is 35.6 Å². The third-order valence-corrected chi connectivity index (χ3v) is 6.04. The number of rotatable bonds is 6. The average Bonchev–Trinajstić information content (AvgIpc) is 3.25. The van der Waals surface area contributed by atoms with Crippen molar-refractivity contribution in [3.05, 3.63) is 75.9 Å². The number of aliphatic hydroxyl groups is 1. The number of nitrogens with zero attached hydrogens (tertiary/aromatic N) is 1. The van der Waals surface area contributed by atoms with Gasteiger partial charge in [-0.3, -0.25) is 14.5 Å². The van der Waals surface area contributed by atoms with E-state index in [4.69, 9.17) is 9.57 Å². The van der Waals surface area contributed by atoms with E-state index in [0.29, 0.717) is 23.3 Å². The van der Waals surface area contributed by atoms with Crippen LogP contribution in [0.1, 0.15) is 31.9 Å². The zero-order chi connectivity index (χ0) is 24.2. The number of amides is 1. The van der Waals surface area contributed by atoms with Gasteiger partial charge in [-0.2, -0.15) is 0 Å². The van der Waals surface area contributed by atoms with Crippen molar-refractivity contribution < 1.29 is 24.3 Å². The van der Waals surface area contributed by atoms with Crippen molar-refractivity contribution in [1.82, 2.24) is 15.7 Å². The van der Waals surface area contributed by atoms with Crippen molar-refractivity contribution in [2.45, 2.75) is 27.3 Å². The van der Waals surface area contributed by atoms with Gasteiger partial charge in [0.25, 0.3) is 5.91 Å². The molecule has 0 unspecified atom stereocenters. The van der Waals surface area contributed by atoms with Crippen LogP contribution in [0, 0.1) is 5.92 Å². The second-order valence-electron chi connectivity index (χ2n) is 8.79. The molecule has 0 radical (unpaired) electrons. The van der Waals surface area contributed by atoms with Crippen molar-refractivity contribution in [2.75, 3.05) is 32.8 Å². The molecule has 0 aromatic heterocycles. The number of hydrogen-bond acceptors (Lipinski definition) is 7. The maximum atomic E-state index is 12.8. The zero-order valence-electron chi connectivity index (χ0n) is 19.8. The first-order chi connectivity index (χ1) is 16.4. The zero-order valence-corrected chi connectivity index (χ0v) is 19.8. The van der Waals surface area contributed by atoms with E-state index >= 15 is 0 Å². The fourth-order valence-electron chi connectivity index (χ4n) is 4.21. The molecule has 4 rings (SSSR count). The van der Waals surface area contributed by atoms with Crippen LogP contribution in [0.15, 0.2) is 64.8 Å². The van der Waals surface area contributed by atoms with Crippen molar-refractivity contribution in [3.63, 3.8) is 0 Å². The number of carbonyl (C=O) groups is 2. The van der Waals surface area contributed by atoms with Crippen molar-refractivity contribution >= 4 is 17.3 Å². The number of hydroxylamine groups is 1. The minimum Gasteiger partial charge on any atom is -0.508 e. The molecule has 2 heterocycles. The third kappa shape index (κ3) is 4.93. The predicted octanol–water partition coefficient (Wildman–Crippen LogP) is 2.76. The lowest BCUT2D eigenvalue weighted by Crippen LogP contribution is -2.35. The highest BCUT2D eigenvalue weighted by molar-refractivity contribution is 6.13. The highest BCUT2D eigenvalue weighted by Crippen LogP contribution is 2.37. The van der Waals surface area contributed by atoms with Crippen LogP contribution in [0.3, 0.4) is 0 Å². The molecule has 1 saturated heterocycles. The Kier molecular flexibility index (Phi) is 7.19. The number of allylic oxidation sites excluding steroid dienone is 5. The molecule has 34 heavy (non-hydrogen) atoms. The standard InChI is InChI=1S/C26H31N3O5/c1-4-27-26(32)24-23(18-7-5-17(6-8-18)15-29-9-11-33-12-10-29)25(34-28-24)20-13-19(16(2)3)21(30)14-22(20)31/h5-8,13-14,16,28,30H,4,9-12,15H2,1-3H3,(H,27,32)/b25-20-. The molecule has 8 heteroatoms. The molecule has 8 nitrogen and oxygen atoms in total. The van der Waals surface area contributed by atoms with Crippen LogP contribution in [0.2, 0.25) is 0 Å². The molecule has 180 valence electrons. The number of aliphatic hydroxyl groups excluding tert-OH is 1. The molecule has 0 saturated carbocycles. The Morgan fingerprint density at radius 3 is 2.53 bits per heavy atom. The van der Waals surface area contributed by atoms with Gasteiger partial charge >= 0.3 is 0 Å². The Morgan fingerprint density at radius 2 is 1.88 bits per heavy atom. The second-order valence-corrected chi connectivity index (χ2v) is 8.79. The summed E-state index contributed by atoms with van der Waals surface area (Å²) >= 11 is 0. The topological polar surface area (TPSA) is 100 Å². The largest absolute Gasteiger partial charge is 0.508 e. The fraction of sp³-hybridized carbons (Fsp3) is 0.385. The Balaban J connectivity index is 1.74. The second kappa shape index (κ2) is 10.3. The smallest absolute Gasteiger partial charge is 0.271 e. The maximum absolute atomic E-state index is 12.8. The summed E-state index contributed by atoms with van der Waals surface area (Å²) in [5.74, 6) is -0.465. The van der Waals surface area contributed by atoms with Crippen LogP contribution in [0.25, 0.3) is 5.57 Å². The van der Waals surface area contributed by atoms with Gasteiger partial charge in [-0.15, -0.1) is 0 Å². The minimum atomic E-state index is -0.378. The number of carbonyl (C=O) groups excluding carboxylic acids is 2. The monoisotopic (exact) mass is 465 g/mol. The molecule has 1 aliphatic carbocycles. The molecule has 1 fully saturated rings. The number of likely N-dealkylation sites (N-methyl/N-ethyl adjacent to an activating group) is 1. The van der Waals surface area contributed by atoms with Crippen molar-refractivity contribution in [2.24, 2.45) is 5.92 Å². The van der Waals surface area contributed by atoms with E-state index in [1.807, 2.05) is 45.0 Å². The van der Waals surface area contributed by atoms with Gasteiger partial charge in [0, 0.05) is 32.3 Å². The Labute approximate surface area is 199 Å². The predicted molar refractivity (Wildman–Crippen MR) is 128 cm³/mol. The molecule has 3 N–H and O–H groups in total. The van der Waals surface area contributed by atoms with E-state index < -0.39 is 0 Å². The molecular formula is C26H31N3O5. The first-order valence-electron chi connectivity index (χ1n) is 11.6. The molecule has 0 atom stereocenters. The quantitative estimate of drug-likeness (QED) is 0.556. The summed E-state index contributed by atoms with van der Waals surface area (Å²) in [6, 6.07) is 7.93. The van der Waals surface area contributed by atoms with Gasteiger partial charge in [0.15, 0.2) is 11.5 Å². The lowest BCUT2D eigenvalue weighted by molar-refractivity contribution is -0.118. The number of ketones is 1. The maximum Gasteiger partial charge on any atom is 0.271 e. The molecule has 3 aliphatic rings. The molecule has 0 bridgehead atoms. The van der Waals surface area contributed by atoms with Crippen molar-refractivity contribution in [1.29, 1.82) is 0 Å². The Morgan fingerprint density at radius 1 is 1.18 bits per heavy atom. The van der Waals surface area contributed by atoms with Gasteiger partial charge in [-0.1, -0.05) is 38.1 Å². The van der Waals surface area contributed by atoms with Crippen molar-refractivity contribution in [3.8, 4) is 0 Å². The number of ether oxygens (including phenoxy) is 1. The summed E-state index contributed by atoms with van der Waals surface area (Å²) in [7, 11) is 0. The minimum absolute atomic E-state index is 0.00377. The highest BCUT2D eigenvalue weighted by atomic mass is 16.7. The van der Waals surface area contributed by atoms with E-state index in [-0.39, 0.29) is 34.8 Å². The Hall–Kier alpha value is -3.36. The van der Waals surface area contributed by atoms with Crippen LogP contribution in [-0.4, -0.2) is 54.5 Å². The number of nitrogens with one attached hydrogen (secondary N) is 2. The van der Waals surface area contributed by atoms with Crippen LogP contribution in [-0.2, 0) is 25.7 Å². The first kappa shape index (κ1) is 23.8. The van der Waals surface area contributed by atoms with Crippen LogP contribution >= 0.6 is 0 Å². The number of morpholine rings is 1. The van der Waals surface area contributed by atoms with Gasteiger partial charge in [0.05, 0.1) is 24.4 Å². The van der Waals surface area contributed by atoms with Gasteiger partial charge in [0.2, 0.25) is 0 Å². The van der Waals surface area contributed by atoms with E-state index in [1.165, 1.54) is 6.08 Å². The average molecular weight is 466 g/mol. The molecule has 1 amide bonds. The van der Waals surface area contributed by atoms with E-state index in [0.717, 1.165) is 44.0 Å². The van der Waals surface area contributed by atoms with E-state index in [9.17, 15) is 14.7 Å². The van der Waals surface area contributed by atoms with Gasteiger partial charge in [0.1, 0.15) is 11.5 Å². The van der Waals surface area contributed by atoms with Crippen LogP contribution < -0.4 is 10.8 Å². The SMILES string of the molecule is CCNC(=O)C1=C(c2ccc(CN3CCOCC3)cc2)/C(=C2\C=C(C(C)C)C(O)=CC2=O)ON1. The van der Waals surface area contributed by atoms with E-state index in [1.54, 1.807) is 6.08 Å². The lowest BCUT2D eigenvalue weighted by atomic mass is 9.89. The molecule has 1 aromatic rings. The molecule has 1 aromatic carbocycles. The summed E-state index contributed by atoms with van der Waals surface area (Å²) in [4.78, 5) is 33.7. The number of benzene rings is 1. The lowest BCUT2D eigenvalue weighted by Gasteiger charge is -2.26. The molecule has 0 spiro atoms. The Bertz CT molecular complexity index is 1090. The summed E-state index contributed by atoms with van der Waals surface area (Å²) in [5, 5.41) is 13.0. The van der Waals surface area contributed by atoms with E-state index in [2.05, 4.69) is 15.7 Å². The molecular weight excluding hydrogens is 434 g/mol. The molecule has 2 aliphatic heterocycles. The summed E-state index contributed by atoms with van der Waals surface area (Å²) in [6.45, 7) is 10.3. The first-order valence-corrected chi connectivity index (χ1v) is 11.6. The highest BCUT2D eigenvalue weighted by Gasteiger charge is 2.33. The summed E-state index contributed by atoms with van der Waals surface area (Å²) < 4.78 is 5.42. The van der Waals surface area contributed by atoms with Crippen LogP contribution in [0.5, 0.6) is 0 Å². The fourth-order valence-corrected chi connectivity index (χ4v) is 4.21. The summed E-state index contributed by atoms with van der Waals surface area (Å²) in [6.07, 6.45) is 2.85. The van der Waals surface area contributed by atoms with Gasteiger partial charge in [-0.25, -0.2) is 5.48 Å². The van der Waals surface area contributed by atoms with Crippen LogP contribution in [0.4, 0.5) is 0 Å². The normalized spacial score (nSPS) is 21.2.